The fraction of sp³-hybridized carbons (Fsp3) is 0.333. The van der Waals surface area contributed by atoms with Crippen LogP contribution in [0.15, 0.2) is 0 Å². The predicted molar refractivity (Wildman–Crippen MR) is 43.5 cm³/mol. The molecule has 0 saturated carbocycles. The third-order valence-electron chi connectivity index (χ3n) is 0.302. The summed E-state index contributed by atoms with van der Waals surface area (Å²) in [5.41, 5.74) is 9.02. The van der Waals surface area contributed by atoms with E-state index < -0.39 is 26.8 Å². The second-order valence-corrected chi connectivity index (χ2v) is 2.10. The molecule has 11 heteroatoms. The van der Waals surface area contributed by atoms with Crippen molar-refractivity contribution in [2.75, 3.05) is 0 Å². The van der Waals surface area contributed by atoms with Gasteiger partial charge in [-0.05, 0) is 0 Å². The number of rotatable bonds is 2. The van der Waals surface area contributed by atoms with Crippen molar-refractivity contribution < 1.29 is 54.4 Å². The Hall–Kier alpha value is -0.293. The van der Waals surface area contributed by atoms with Crippen LogP contribution in [0.5, 0.6) is 0 Å². The molecule has 0 unspecified atom stereocenters. The van der Waals surface area contributed by atoms with Crippen LogP contribution in [0.1, 0.15) is 7.85 Å². The molecule has 14 heavy (non-hydrogen) atoms. The molecule has 7 N–H and O–H groups in total. The van der Waals surface area contributed by atoms with Crippen molar-refractivity contribution in [3.63, 3.8) is 0 Å². The van der Waals surface area contributed by atoms with Crippen molar-refractivity contribution >= 4 is 20.4 Å². The zero-order valence-corrected chi connectivity index (χ0v) is 8.18. The summed E-state index contributed by atoms with van der Waals surface area (Å²) in [7, 11) is -1.62. The van der Waals surface area contributed by atoms with Crippen molar-refractivity contribution in [2.45, 2.75) is 6.42 Å². The van der Waals surface area contributed by atoms with E-state index in [2.05, 4.69) is 11.0 Å². The molecule has 0 aromatic carbocycles. The van der Waals surface area contributed by atoms with Gasteiger partial charge in [-0.15, -0.1) is 0 Å². The van der Waals surface area contributed by atoms with E-state index in [1.54, 1.807) is 0 Å². The number of aliphatic carboxylic acids is 2. The van der Waals surface area contributed by atoms with E-state index in [-0.39, 0.29) is 29.7 Å². The van der Waals surface area contributed by atoms with Crippen molar-refractivity contribution in [1.82, 2.24) is 0 Å². The molecule has 0 aromatic heterocycles. The van der Waals surface area contributed by atoms with E-state index in [4.69, 9.17) is 15.1 Å². The Labute approximate surface area is 92.8 Å². The number of carbonyl (C=O) groups is 2. The van der Waals surface area contributed by atoms with Crippen LogP contribution in [0.4, 0.5) is 9.41 Å². The molecule has 0 fully saturated rings. The first-order valence-corrected chi connectivity index (χ1v) is 3.71. The first kappa shape index (κ1) is 29.2. The fourth-order valence-electron chi connectivity index (χ4n) is 0.129. The maximum atomic E-state index is 9.43. The fourth-order valence-corrected chi connectivity index (χ4v) is 0.129. The molecule has 84 valence electrons. The molecule has 0 aliphatic heterocycles. The third-order valence-corrected chi connectivity index (χ3v) is 0.302. The minimum atomic E-state index is -1.62. The molecule has 0 spiro atoms. The molecule has 7 nitrogen and oxygen atoms in total. The van der Waals surface area contributed by atoms with Crippen LogP contribution in [0.3, 0.4) is 0 Å². The molecule has 0 aliphatic carbocycles. The van der Waals surface area contributed by atoms with E-state index in [0.29, 0.717) is 0 Å². The molecule has 0 saturated heterocycles. The van der Waals surface area contributed by atoms with Gasteiger partial charge >= 0.3 is 30.8 Å². The van der Waals surface area contributed by atoms with Crippen LogP contribution in [0.25, 0.3) is 0 Å². The molecule has 0 bridgehead atoms. The van der Waals surface area contributed by atoms with Gasteiger partial charge in [0.25, 0.3) is 0 Å². The van der Waals surface area contributed by atoms with Crippen LogP contribution in [-0.4, -0.2) is 27.0 Å². The first-order chi connectivity index (χ1) is 4.86. The van der Waals surface area contributed by atoms with Gasteiger partial charge in [-0.1, -0.05) is 0 Å². The summed E-state index contributed by atoms with van der Waals surface area (Å²) in [6.45, 7) is 0. The molecule has 0 rings (SSSR count). The molecular formula is C3H12F2LiN2O5P. The van der Waals surface area contributed by atoms with Crippen LogP contribution in [0.2, 0.25) is 0 Å². The van der Waals surface area contributed by atoms with Crippen LogP contribution >= 0.6 is 8.45 Å². The Morgan fingerprint density at radius 2 is 1.29 bits per heavy atom. The number of halogens is 2. The van der Waals surface area contributed by atoms with Gasteiger partial charge in [0, 0.05) is 0 Å². The second-order valence-electron chi connectivity index (χ2n) is 1.34. The summed E-state index contributed by atoms with van der Waals surface area (Å²) in [4.78, 5) is 26.5. The summed E-state index contributed by atoms with van der Waals surface area (Å²) in [6.07, 6.45) is -0.806. The van der Waals surface area contributed by atoms with E-state index in [9.17, 15) is 9.59 Å². The van der Waals surface area contributed by atoms with Gasteiger partial charge in [0.15, 0.2) is 8.45 Å². The molecular weight excluding hydrogens is 220 g/mol. The van der Waals surface area contributed by atoms with Gasteiger partial charge in [-0.2, -0.15) is 0 Å². The molecule has 0 aliphatic rings. The maximum absolute atomic E-state index is 9.43. The summed E-state index contributed by atoms with van der Waals surface area (Å²) in [6, 6.07) is 0. The zero-order chi connectivity index (χ0) is 9.44. The quantitative estimate of drug-likeness (QED) is 0.185. The summed E-state index contributed by atoms with van der Waals surface area (Å²) in [5, 5.41) is 15.4. The summed E-state index contributed by atoms with van der Waals surface area (Å²) < 4.78 is 0. The minimum Gasteiger partial charge on any atom is -1.00 e. The molecule has 0 radical (unpaired) electrons. The number of hydrogen-bond donors (Lipinski definition) is 5. The van der Waals surface area contributed by atoms with Crippen molar-refractivity contribution in [3.8, 4) is 0 Å². The van der Waals surface area contributed by atoms with E-state index in [0.717, 1.165) is 0 Å². The predicted octanol–water partition coefficient (Wildman–Crippen LogP) is -3.91. The van der Waals surface area contributed by atoms with E-state index in [1.807, 2.05) is 0 Å². The van der Waals surface area contributed by atoms with Gasteiger partial charge in [0.2, 0.25) is 0 Å². The topological polar surface area (TPSA) is 147 Å². The first-order valence-electron chi connectivity index (χ1n) is 2.28. The minimum absolute atomic E-state index is 0. The Bertz CT molecular complexity index is 141. The van der Waals surface area contributed by atoms with Gasteiger partial charge < -0.3 is 16.5 Å². The molecule has 0 amide bonds. The molecule has 0 heterocycles. The maximum Gasteiger partial charge on any atom is 1.00 e. The Kier molecular flexibility index (Phi) is 38.5. The Morgan fingerprint density at radius 1 is 1.14 bits per heavy atom. The van der Waals surface area contributed by atoms with Gasteiger partial charge in [-0.3, -0.25) is 30.0 Å². The summed E-state index contributed by atoms with van der Waals surface area (Å²) >= 11 is 0. The summed E-state index contributed by atoms with van der Waals surface area (Å²) in [5.74, 6) is -2.62. The normalized spacial score (nSPS) is 6.57. The number of hydrogen-bond acceptors (Lipinski definition) is 5. The third kappa shape index (κ3) is 97.7. The van der Waals surface area contributed by atoms with Crippen molar-refractivity contribution in [2.24, 2.45) is 11.0 Å². The average molecular weight is 232 g/mol. The van der Waals surface area contributed by atoms with E-state index in [1.165, 1.54) is 0 Å². The zero-order valence-electron chi connectivity index (χ0n) is 8.28. The van der Waals surface area contributed by atoms with E-state index >= 15 is 0 Å². The van der Waals surface area contributed by atoms with Gasteiger partial charge in [0.1, 0.15) is 6.42 Å². The molecule has 0 aromatic rings. The average Bonchev–Trinajstić information content (AvgIpc) is 1.56. The van der Waals surface area contributed by atoms with Crippen molar-refractivity contribution in [1.29, 1.82) is 0 Å². The molecule has 0 atom stereocenters. The van der Waals surface area contributed by atoms with Crippen molar-refractivity contribution in [3.05, 3.63) is 0 Å². The van der Waals surface area contributed by atoms with Gasteiger partial charge in [0.05, 0.1) is 0 Å². The van der Waals surface area contributed by atoms with Crippen LogP contribution in [-0.2, 0) is 9.59 Å². The van der Waals surface area contributed by atoms with Crippen LogP contribution in [0, 0.1) is 0 Å². The number of carboxylic acid groups (broad SMARTS) is 2. The Morgan fingerprint density at radius 3 is 1.29 bits per heavy atom. The second kappa shape index (κ2) is 18.5. The number of nitrogens with two attached hydrogens (primary N) is 2. The smallest absolute Gasteiger partial charge is 1.00 e. The largest absolute Gasteiger partial charge is 1.00 e. The number of carboxylic acids is 2. The van der Waals surface area contributed by atoms with Crippen LogP contribution < -0.4 is 29.9 Å². The SMILES string of the molecule is F.F.NP(N)O.O=C(O)CC(=O)O.[H-].[Li+]. The Balaban J connectivity index is -0.0000000230. The standard InChI is InChI=1S/C3H4O4.2FH.Li.H5N2OP.H/c4-2(5)1-3(6)7;;;;1-4(2)3;/h1H2,(H,4,5)(H,6,7);2*1H;;3H,1-2H2;/q;;;+1;;-1. The monoisotopic (exact) mass is 232 g/mol. The van der Waals surface area contributed by atoms with Gasteiger partial charge in [-0.25, -0.2) is 0 Å².